The van der Waals surface area contributed by atoms with Crippen LogP contribution < -0.4 is 15.2 Å². The highest BCUT2D eigenvalue weighted by atomic mass is 19.1. The molecule has 0 radical (unpaired) electrons. The van der Waals surface area contributed by atoms with Gasteiger partial charge in [0.15, 0.2) is 22.8 Å². The minimum atomic E-state index is -1.03. The van der Waals surface area contributed by atoms with Gasteiger partial charge in [-0.2, -0.15) is 0 Å². The molecule has 8 nitrogen and oxygen atoms in total. The summed E-state index contributed by atoms with van der Waals surface area (Å²) in [6.07, 6.45) is 5.22. The number of aromatic nitrogens is 4. The standard InChI is InChI=1S/C22H25F3N6O2/c1-30-18-10-26-21(27-13-2-4-15(32)5-3-13)29-20(18)31(14-6-7-33-11-14)22(30)28-19-16(24)8-12(23)9-17(19)25/h8-10,13-15,32H,2-7,11H2,1H3,(H,26,27,29)/p+1. The van der Waals surface area contributed by atoms with Gasteiger partial charge < -0.3 is 15.2 Å². The van der Waals surface area contributed by atoms with Crippen LogP contribution in [0, 0.1) is 17.5 Å². The van der Waals surface area contributed by atoms with Crippen LogP contribution in [0.25, 0.3) is 11.2 Å². The number of aliphatic hydroxyl groups excluding tert-OH is 1. The molecule has 2 aromatic heterocycles. The Balaban J connectivity index is 1.55. The van der Waals surface area contributed by atoms with E-state index in [4.69, 9.17) is 9.72 Å². The maximum Gasteiger partial charge on any atom is 0.322 e. The first-order valence-corrected chi connectivity index (χ1v) is 11.1. The van der Waals surface area contributed by atoms with Gasteiger partial charge in [0.2, 0.25) is 0 Å². The van der Waals surface area contributed by atoms with Gasteiger partial charge in [-0.1, -0.05) is 4.98 Å². The topological polar surface area (TPSA) is 88.1 Å². The number of imidazole rings is 1. The van der Waals surface area contributed by atoms with Gasteiger partial charge in [0.25, 0.3) is 11.6 Å². The Kier molecular flexibility index (Phi) is 5.83. The third-order valence-electron chi connectivity index (χ3n) is 6.43. The Bertz CT molecular complexity index is 1150. The van der Waals surface area contributed by atoms with Crippen molar-refractivity contribution >= 4 is 28.7 Å². The van der Waals surface area contributed by atoms with Gasteiger partial charge in [0.05, 0.1) is 24.9 Å². The monoisotopic (exact) mass is 463 g/mol. The first-order chi connectivity index (χ1) is 15.9. The van der Waals surface area contributed by atoms with Crippen molar-refractivity contribution in [2.24, 2.45) is 7.05 Å². The number of hydrogen-bond donors (Lipinski definition) is 3. The average molecular weight is 463 g/mol. The molecule has 1 aromatic carbocycles. The van der Waals surface area contributed by atoms with Crippen molar-refractivity contribution in [1.82, 2.24) is 14.5 Å². The van der Waals surface area contributed by atoms with Crippen LogP contribution in [0.3, 0.4) is 0 Å². The van der Waals surface area contributed by atoms with Gasteiger partial charge in [-0.05, 0) is 25.7 Å². The van der Waals surface area contributed by atoms with Crippen LogP contribution in [0.4, 0.5) is 30.8 Å². The highest BCUT2D eigenvalue weighted by molar-refractivity contribution is 5.72. The van der Waals surface area contributed by atoms with Crippen molar-refractivity contribution in [3.05, 3.63) is 35.8 Å². The van der Waals surface area contributed by atoms with Gasteiger partial charge in [-0.15, -0.1) is 0 Å². The normalized spacial score (nSPS) is 23.2. The lowest BCUT2D eigenvalue weighted by atomic mass is 9.93. The van der Waals surface area contributed by atoms with E-state index < -0.39 is 23.1 Å². The summed E-state index contributed by atoms with van der Waals surface area (Å²) < 4.78 is 51.4. The smallest absolute Gasteiger partial charge is 0.322 e. The summed E-state index contributed by atoms with van der Waals surface area (Å²) in [6.45, 7) is 0.994. The van der Waals surface area contributed by atoms with Crippen molar-refractivity contribution in [2.75, 3.05) is 23.8 Å². The maximum atomic E-state index is 14.4. The Labute approximate surface area is 188 Å². The predicted molar refractivity (Wildman–Crippen MR) is 115 cm³/mol. The molecular formula is C22H26F3N6O2+. The third-order valence-corrected chi connectivity index (χ3v) is 6.43. The number of halogens is 3. The number of anilines is 3. The number of ether oxygens (including phenoxy) is 1. The van der Waals surface area contributed by atoms with Gasteiger partial charge in [0, 0.05) is 38.2 Å². The van der Waals surface area contributed by atoms with Crippen LogP contribution in [0.5, 0.6) is 0 Å². The number of hydrogen-bond acceptors (Lipinski definition) is 6. The zero-order valence-corrected chi connectivity index (χ0v) is 18.2. The van der Waals surface area contributed by atoms with Crippen LogP contribution in [0.2, 0.25) is 0 Å². The van der Waals surface area contributed by atoms with E-state index in [9.17, 15) is 18.3 Å². The van der Waals surface area contributed by atoms with Crippen molar-refractivity contribution in [3.8, 4) is 0 Å². The minimum Gasteiger partial charge on any atom is -0.393 e. The summed E-state index contributed by atoms with van der Waals surface area (Å²) in [6, 6.07) is 1.34. The second kappa shape index (κ2) is 8.79. The Morgan fingerprint density at radius 3 is 2.52 bits per heavy atom. The zero-order chi connectivity index (χ0) is 23.1. The molecule has 11 heteroatoms. The molecule has 1 unspecified atom stereocenters. The highest BCUT2D eigenvalue weighted by Gasteiger charge is 2.33. The fourth-order valence-corrected chi connectivity index (χ4v) is 4.62. The molecule has 1 atom stereocenters. The fourth-order valence-electron chi connectivity index (χ4n) is 4.62. The van der Waals surface area contributed by atoms with Crippen LogP contribution in [-0.4, -0.2) is 45.0 Å². The summed E-state index contributed by atoms with van der Waals surface area (Å²) in [5, 5.41) is 15.9. The largest absolute Gasteiger partial charge is 0.393 e. The lowest BCUT2D eigenvalue weighted by Gasteiger charge is -2.25. The third kappa shape index (κ3) is 4.22. The molecular weight excluding hydrogens is 437 g/mol. The molecule has 3 aromatic rings. The van der Waals surface area contributed by atoms with E-state index in [1.54, 1.807) is 17.8 Å². The SMILES string of the molecule is Cn1c(Nc2c(F)cc(F)cc2F)[n+](C2CCOC2)c2nc(NC3CCC(O)CC3)ncc21. The summed E-state index contributed by atoms with van der Waals surface area (Å²) in [4.78, 5) is 9.17. The molecule has 5 rings (SSSR count). The van der Waals surface area contributed by atoms with E-state index in [0.29, 0.717) is 54.8 Å². The lowest BCUT2D eigenvalue weighted by molar-refractivity contribution is -0.684. The van der Waals surface area contributed by atoms with E-state index in [1.807, 2.05) is 4.57 Å². The van der Waals surface area contributed by atoms with E-state index in [2.05, 4.69) is 15.6 Å². The second-order valence-corrected chi connectivity index (χ2v) is 8.69. The predicted octanol–water partition coefficient (Wildman–Crippen LogP) is 3.09. The molecule has 0 spiro atoms. The van der Waals surface area contributed by atoms with Gasteiger partial charge in [-0.3, -0.25) is 5.32 Å². The lowest BCUT2D eigenvalue weighted by Crippen LogP contribution is -2.42. The molecule has 1 aliphatic heterocycles. The minimum absolute atomic E-state index is 0.102. The first-order valence-electron chi connectivity index (χ1n) is 11.1. The molecule has 0 bridgehead atoms. The van der Waals surface area contributed by atoms with Gasteiger partial charge in [-0.25, -0.2) is 27.3 Å². The maximum absolute atomic E-state index is 14.4. The van der Waals surface area contributed by atoms with E-state index in [-0.39, 0.29) is 18.2 Å². The number of benzene rings is 1. The zero-order valence-electron chi connectivity index (χ0n) is 18.2. The number of fused-ring (bicyclic) bond motifs is 1. The fraction of sp³-hybridized carbons (Fsp3) is 0.500. The van der Waals surface area contributed by atoms with Crippen LogP contribution >= 0.6 is 0 Å². The molecule has 0 amide bonds. The average Bonchev–Trinajstić information content (AvgIpc) is 3.39. The van der Waals surface area contributed by atoms with Crippen LogP contribution in [-0.2, 0) is 11.8 Å². The van der Waals surface area contributed by atoms with Crippen molar-refractivity contribution in [1.29, 1.82) is 0 Å². The van der Waals surface area contributed by atoms with Gasteiger partial charge in [0.1, 0.15) is 5.82 Å². The van der Waals surface area contributed by atoms with Gasteiger partial charge >= 0.3 is 5.95 Å². The first kappa shape index (κ1) is 21.9. The quantitative estimate of drug-likeness (QED) is 0.504. The molecule has 2 fully saturated rings. The Morgan fingerprint density at radius 1 is 1.12 bits per heavy atom. The summed E-state index contributed by atoms with van der Waals surface area (Å²) in [5.41, 5.74) is 0.811. The van der Waals surface area contributed by atoms with Crippen molar-refractivity contribution < 1.29 is 27.6 Å². The number of aliphatic hydroxyl groups is 1. The molecule has 33 heavy (non-hydrogen) atoms. The molecule has 1 saturated carbocycles. The van der Waals surface area contributed by atoms with E-state index in [0.717, 1.165) is 25.7 Å². The second-order valence-electron chi connectivity index (χ2n) is 8.69. The number of rotatable bonds is 5. The Morgan fingerprint density at radius 2 is 1.85 bits per heavy atom. The number of nitrogens with zero attached hydrogens (tertiary/aromatic N) is 4. The van der Waals surface area contributed by atoms with Crippen molar-refractivity contribution in [2.45, 2.75) is 50.3 Å². The summed E-state index contributed by atoms with van der Waals surface area (Å²) >= 11 is 0. The van der Waals surface area contributed by atoms with E-state index in [1.165, 1.54) is 0 Å². The summed E-state index contributed by atoms with van der Waals surface area (Å²) in [5.74, 6) is -2.20. The molecule has 176 valence electrons. The number of aryl methyl sites for hydroxylation is 1. The molecule has 3 heterocycles. The number of nitrogens with one attached hydrogen (secondary N) is 2. The Hall–Kier alpha value is -2.92. The van der Waals surface area contributed by atoms with Crippen LogP contribution in [0.15, 0.2) is 18.3 Å². The molecule has 1 saturated heterocycles. The summed E-state index contributed by atoms with van der Waals surface area (Å²) in [7, 11) is 1.75. The molecule has 3 N–H and O–H groups in total. The van der Waals surface area contributed by atoms with Crippen molar-refractivity contribution in [3.63, 3.8) is 0 Å². The molecule has 2 aliphatic rings. The van der Waals surface area contributed by atoms with Crippen LogP contribution in [0.1, 0.15) is 38.1 Å². The molecule has 1 aliphatic carbocycles. The van der Waals surface area contributed by atoms with E-state index >= 15 is 0 Å². The highest BCUT2D eigenvalue weighted by Crippen LogP contribution is 2.28.